The summed E-state index contributed by atoms with van der Waals surface area (Å²) in [7, 11) is -9.92. The van der Waals surface area contributed by atoms with Gasteiger partial charge in [-0.1, -0.05) is 413 Å². The molecule has 5 atom stereocenters. The van der Waals surface area contributed by atoms with Crippen molar-refractivity contribution >= 4 is 39.5 Å². The van der Waals surface area contributed by atoms with Crippen LogP contribution in [0, 0.1) is 0 Å². The number of hydrogen-bond acceptors (Lipinski definition) is 15. The first-order chi connectivity index (χ1) is 50.7. The second-order valence-corrected chi connectivity index (χ2v) is 33.5. The maximum absolute atomic E-state index is 13.1. The lowest BCUT2D eigenvalue weighted by atomic mass is 10.0. The average Bonchev–Trinajstić information content (AvgIpc) is 0.907. The second kappa shape index (κ2) is 79.2. The Bertz CT molecular complexity index is 1960. The highest BCUT2D eigenvalue weighted by molar-refractivity contribution is 7.47. The van der Waals surface area contributed by atoms with Crippen LogP contribution in [-0.4, -0.2) is 96.7 Å². The van der Waals surface area contributed by atoms with Crippen molar-refractivity contribution in [1.82, 2.24) is 0 Å². The smallest absolute Gasteiger partial charge is 0.462 e. The summed E-state index contributed by atoms with van der Waals surface area (Å²) < 4.78 is 68.8. The van der Waals surface area contributed by atoms with Crippen LogP contribution in [0.5, 0.6) is 0 Å². The lowest BCUT2D eigenvalue weighted by Crippen LogP contribution is -2.30. The third kappa shape index (κ3) is 78.2. The van der Waals surface area contributed by atoms with Gasteiger partial charge < -0.3 is 33.8 Å². The van der Waals surface area contributed by atoms with Gasteiger partial charge in [-0.15, -0.1) is 0 Å². The predicted octanol–water partition coefficient (Wildman–Crippen LogP) is 26.1. The number of phosphoric acid groups is 2. The number of unbranched alkanes of at least 4 members (excludes halogenated alkanes) is 60. The summed E-state index contributed by atoms with van der Waals surface area (Å²) in [6.45, 7) is 5.04. The van der Waals surface area contributed by atoms with E-state index in [1.54, 1.807) is 0 Å². The van der Waals surface area contributed by atoms with Crippen molar-refractivity contribution in [2.75, 3.05) is 39.6 Å². The Morgan fingerprint density at radius 3 is 0.567 bits per heavy atom. The standard InChI is InChI=1S/C85H166O17P2/c1-5-9-13-17-21-25-28-31-34-37-39-42-44-47-50-54-58-62-66-70-83(88)96-76-81(102-85(90)72-68-64-60-56-52-49-46-43-40-38-35-32-29-26-22-18-14-10-6-2)78-100-104(93,94)98-74-79(86)73-97-103(91,92)99-77-80(75-95-82(87)69-65-61-57-53-24-20-16-12-8-4)101-84(89)71-67-63-59-55-51-48-45-41-36-33-30-27-23-19-15-11-7-3/h79-81,86H,5-78H2,1-4H3,(H,91,92)(H,93,94)/t79-,80+,81+/m0/s1. The lowest BCUT2D eigenvalue weighted by molar-refractivity contribution is -0.161. The van der Waals surface area contributed by atoms with E-state index in [0.717, 1.165) is 89.9 Å². The number of carbonyl (C=O) groups is 4. The molecule has 2 unspecified atom stereocenters. The molecule has 0 saturated heterocycles. The molecule has 17 nitrogen and oxygen atoms in total. The summed E-state index contributed by atoms with van der Waals surface area (Å²) >= 11 is 0. The molecule has 0 spiro atoms. The maximum atomic E-state index is 13.1. The SMILES string of the molecule is CCCCCCCCCCCCCCCCCCCCCC(=O)OC[C@H](COP(=O)(O)OC[C@@H](O)COP(=O)(O)OC[C@@H](COC(=O)CCCCCCCCCCC)OC(=O)CCCCCCCCCCCCCCCCCCC)OC(=O)CCCCCCCCCCCCCCCCCCCCC. The van der Waals surface area contributed by atoms with E-state index >= 15 is 0 Å². The molecule has 0 aliphatic rings. The Morgan fingerprint density at radius 1 is 0.231 bits per heavy atom. The molecule has 0 saturated carbocycles. The largest absolute Gasteiger partial charge is 0.472 e. The van der Waals surface area contributed by atoms with E-state index in [1.807, 2.05) is 0 Å². The minimum atomic E-state index is -4.96. The van der Waals surface area contributed by atoms with Gasteiger partial charge in [-0.2, -0.15) is 0 Å². The normalized spacial score (nSPS) is 13.7. The zero-order chi connectivity index (χ0) is 76.0. The number of aliphatic hydroxyl groups excluding tert-OH is 1. The molecular formula is C85H166O17P2. The van der Waals surface area contributed by atoms with Crippen molar-refractivity contribution < 1.29 is 80.2 Å². The molecule has 0 bridgehead atoms. The van der Waals surface area contributed by atoms with Crippen LogP contribution in [0.2, 0.25) is 0 Å². The molecule has 3 N–H and O–H groups in total. The monoisotopic (exact) mass is 1520 g/mol. The number of ether oxygens (including phenoxy) is 4. The highest BCUT2D eigenvalue weighted by atomic mass is 31.2. The number of phosphoric ester groups is 2. The first-order valence-electron chi connectivity index (χ1n) is 44.3. The van der Waals surface area contributed by atoms with Gasteiger partial charge in [0.2, 0.25) is 0 Å². The third-order valence-electron chi connectivity index (χ3n) is 20.1. The van der Waals surface area contributed by atoms with Gasteiger partial charge >= 0.3 is 39.5 Å². The van der Waals surface area contributed by atoms with Gasteiger partial charge in [0.1, 0.15) is 19.3 Å². The molecule has 0 aromatic carbocycles. The van der Waals surface area contributed by atoms with E-state index in [2.05, 4.69) is 27.7 Å². The van der Waals surface area contributed by atoms with Crippen LogP contribution in [0.25, 0.3) is 0 Å². The van der Waals surface area contributed by atoms with Crippen molar-refractivity contribution in [2.24, 2.45) is 0 Å². The van der Waals surface area contributed by atoms with E-state index in [0.29, 0.717) is 25.7 Å². The summed E-state index contributed by atoms with van der Waals surface area (Å²) in [6, 6.07) is 0. The summed E-state index contributed by atoms with van der Waals surface area (Å²) in [5.74, 6) is -2.10. The van der Waals surface area contributed by atoms with Crippen molar-refractivity contribution in [1.29, 1.82) is 0 Å². The number of aliphatic hydroxyl groups is 1. The topological polar surface area (TPSA) is 237 Å². The summed E-state index contributed by atoms with van der Waals surface area (Å²) in [6.07, 6.45) is 73.6. The number of esters is 4. The van der Waals surface area contributed by atoms with Crippen LogP contribution >= 0.6 is 15.6 Å². The maximum Gasteiger partial charge on any atom is 0.472 e. The minimum absolute atomic E-state index is 0.109. The summed E-state index contributed by atoms with van der Waals surface area (Å²) in [4.78, 5) is 73.1. The average molecular weight is 1520 g/mol. The number of hydrogen-bond donors (Lipinski definition) is 3. The van der Waals surface area contributed by atoms with Crippen LogP contribution in [0.4, 0.5) is 0 Å². The third-order valence-corrected chi connectivity index (χ3v) is 22.0. The highest BCUT2D eigenvalue weighted by Gasteiger charge is 2.30. The zero-order valence-corrected chi connectivity index (χ0v) is 69.8. The summed E-state index contributed by atoms with van der Waals surface area (Å²) in [5, 5.41) is 10.7. The Labute approximate surface area is 638 Å². The molecule has 618 valence electrons. The Hall–Kier alpha value is -1.94. The van der Waals surface area contributed by atoms with E-state index < -0.39 is 97.5 Å². The molecule has 0 radical (unpaired) electrons. The quantitative estimate of drug-likeness (QED) is 0.0222. The van der Waals surface area contributed by atoms with Gasteiger partial charge in [0.25, 0.3) is 0 Å². The van der Waals surface area contributed by atoms with Crippen LogP contribution in [0.15, 0.2) is 0 Å². The van der Waals surface area contributed by atoms with Crippen molar-refractivity contribution in [2.45, 2.75) is 483 Å². The minimum Gasteiger partial charge on any atom is -0.462 e. The number of carbonyl (C=O) groups excluding carboxylic acids is 4. The fourth-order valence-corrected chi connectivity index (χ4v) is 14.9. The molecule has 0 aromatic heterocycles. The first kappa shape index (κ1) is 102. The van der Waals surface area contributed by atoms with Gasteiger partial charge in [-0.05, 0) is 25.7 Å². The first-order valence-corrected chi connectivity index (χ1v) is 47.3. The molecule has 0 aliphatic heterocycles. The van der Waals surface area contributed by atoms with E-state index in [-0.39, 0.29) is 25.7 Å². The van der Waals surface area contributed by atoms with Crippen LogP contribution in [-0.2, 0) is 65.4 Å². The molecule has 0 fully saturated rings. The molecule has 0 rings (SSSR count). The Morgan fingerprint density at radius 2 is 0.385 bits per heavy atom. The van der Waals surface area contributed by atoms with E-state index in [9.17, 15) is 43.2 Å². The second-order valence-electron chi connectivity index (χ2n) is 30.6. The van der Waals surface area contributed by atoms with Gasteiger partial charge in [-0.25, -0.2) is 9.13 Å². The molecule has 0 amide bonds. The van der Waals surface area contributed by atoms with Crippen molar-refractivity contribution in [3.05, 3.63) is 0 Å². The lowest BCUT2D eigenvalue weighted by Gasteiger charge is -2.21. The zero-order valence-electron chi connectivity index (χ0n) is 68.0. The molecule has 0 heterocycles. The van der Waals surface area contributed by atoms with Gasteiger partial charge in [0, 0.05) is 25.7 Å². The molecule has 104 heavy (non-hydrogen) atoms. The van der Waals surface area contributed by atoms with Crippen LogP contribution < -0.4 is 0 Å². The Kier molecular flexibility index (Phi) is 77.7. The Balaban J connectivity index is 5.20. The summed E-state index contributed by atoms with van der Waals surface area (Å²) in [5.41, 5.74) is 0. The van der Waals surface area contributed by atoms with Crippen molar-refractivity contribution in [3.8, 4) is 0 Å². The molecule has 0 aromatic rings. The molecule has 0 aliphatic carbocycles. The molecule has 19 heteroatoms. The fraction of sp³-hybridized carbons (Fsp3) is 0.953. The van der Waals surface area contributed by atoms with Gasteiger partial charge in [-0.3, -0.25) is 37.3 Å². The fourth-order valence-electron chi connectivity index (χ4n) is 13.3. The van der Waals surface area contributed by atoms with Gasteiger partial charge in [0.15, 0.2) is 12.2 Å². The molecular weight excluding hydrogens is 1350 g/mol. The van der Waals surface area contributed by atoms with E-state index in [1.165, 1.54) is 295 Å². The van der Waals surface area contributed by atoms with Crippen LogP contribution in [0.3, 0.4) is 0 Å². The predicted molar refractivity (Wildman–Crippen MR) is 428 cm³/mol. The van der Waals surface area contributed by atoms with Crippen LogP contribution in [0.1, 0.15) is 464 Å². The van der Waals surface area contributed by atoms with Crippen molar-refractivity contribution in [3.63, 3.8) is 0 Å². The van der Waals surface area contributed by atoms with E-state index in [4.69, 9.17) is 37.0 Å². The highest BCUT2D eigenvalue weighted by Crippen LogP contribution is 2.45. The number of rotatable bonds is 86. The van der Waals surface area contributed by atoms with Gasteiger partial charge in [0.05, 0.1) is 26.4 Å².